The van der Waals surface area contributed by atoms with Crippen LogP contribution in [0.4, 0.5) is 19.1 Å². The van der Waals surface area contributed by atoms with Crippen molar-refractivity contribution in [2.45, 2.75) is 70.5 Å². The molecule has 0 aliphatic carbocycles. The Kier molecular flexibility index (Phi) is 7.79. The molecule has 2 aromatic heterocycles. The molecule has 0 bridgehead atoms. The first-order valence-electron chi connectivity index (χ1n) is 11.0. The summed E-state index contributed by atoms with van der Waals surface area (Å²) in [6.45, 7) is 7.86. The highest BCUT2D eigenvalue weighted by Crippen LogP contribution is 2.36. The van der Waals surface area contributed by atoms with Gasteiger partial charge in [-0.05, 0) is 37.8 Å². The molecule has 2 N–H and O–H groups in total. The highest BCUT2D eigenvalue weighted by molar-refractivity contribution is 7.98. The lowest BCUT2D eigenvalue weighted by Crippen LogP contribution is -2.36. The van der Waals surface area contributed by atoms with E-state index in [0.29, 0.717) is 18.9 Å². The number of rotatable bonds is 4. The van der Waals surface area contributed by atoms with Gasteiger partial charge in [-0.1, -0.05) is 20.3 Å². The molecule has 0 spiro atoms. The summed E-state index contributed by atoms with van der Waals surface area (Å²) in [5.74, 6) is 0.631. The number of nitrogens with zero attached hydrogens (tertiary/aromatic N) is 5. The third-order valence-electron chi connectivity index (χ3n) is 5.31. The molecule has 1 aliphatic rings. The summed E-state index contributed by atoms with van der Waals surface area (Å²) in [6.07, 6.45) is -0.492. The minimum Gasteiger partial charge on any atom is -0.392 e. The van der Waals surface area contributed by atoms with Crippen molar-refractivity contribution in [1.82, 2.24) is 19.5 Å². The SMILES string of the molecule is CCC.CSc1cc2c(cc1CO)nc1n2CCN(c2ncc(C(C)(C)O)c(C(F)(F)F)n2)C1. The number of benzene rings is 1. The lowest BCUT2D eigenvalue weighted by atomic mass is 9.98. The predicted octanol–water partition coefficient (Wildman–Crippen LogP) is 4.72. The summed E-state index contributed by atoms with van der Waals surface area (Å²) >= 11 is 1.53. The van der Waals surface area contributed by atoms with Crippen molar-refractivity contribution in [2.24, 2.45) is 0 Å². The van der Waals surface area contributed by atoms with Crippen LogP contribution in [0.3, 0.4) is 0 Å². The normalized spacial score (nSPS) is 14.1. The molecule has 1 aliphatic heterocycles. The van der Waals surface area contributed by atoms with Gasteiger partial charge in [0, 0.05) is 29.7 Å². The molecule has 186 valence electrons. The summed E-state index contributed by atoms with van der Waals surface area (Å²) in [7, 11) is 0. The minimum atomic E-state index is -4.72. The zero-order chi connectivity index (χ0) is 25.3. The fourth-order valence-electron chi connectivity index (χ4n) is 3.76. The molecule has 0 fully saturated rings. The van der Waals surface area contributed by atoms with E-state index in [2.05, 4.69) is 28.8 Å². The summed E-state index contributed by atoms with van der Waals surface area (Å²) in [5.41, 5.74) is -0.792. The van der Waals surface area contributed by atoms with E-state index in [1.807, 2.05) is 23.0 Å². The second-order valence-corrected chi connectivity index (χ2v) is 9.46. The van der Waals surface area contributed by atoms with Crippen LogP contribution in [0.2, 0.25) is 0 Å². The van der Waals surface area contributed by atoms with Crippen molar-refractivity contribution < 1.29 is 23.4 Å². The van der Waals surface area contributed by atoms with Crippen LogP contribution in [-0.2, 0) is 31.5 Å². The highest BCUT2D eigenvalue weighted by atomic mass is 32.2. The number of hydrogen-bond acceptors (Lipinski definition) is 7. The molecule has 3 aromatic rings. The third kappa shape index (κ3) is 5.31. The van der Waals surface area contributed by atoms with E-state index in [9.17, 15) is 23.4 Å². The topological polar surface area (TPSA) is 87.3 Å². The molecule has 1 aromatic carbocycles. The molecule has 7 nitrogen and oxygen atoms in total. The van der Waals surface area contributed by atoms with Crippen LogP contribution >= 0.6 is 11.8 Å². The Balaban J connectivity index is 0.00000103. The van der Waals surface area contributed by atoms with Crippen LogP contribution in [0.1, 0.15) is 56.8 Å². The van der Waals surface area contributed by atoms with E-state index in [1.165, 1.54) is 32.0 Å². The molecule has 3 heterocycles. The summed E-state index contributed by atoms with van der Waals surface area (Å²) in [5, 5.41) is 19.7. The average Bonchev–Trinajstić information content (AvgIpc) is 3.13. The van der Waals surface area contributed by atoms with E-state index < -0.39 is 17.5 Å². The number of hydrogen-bond donors (Lipinski definition) is 2. The molecule has 0 amide bonds. The van der Waals surface area contributed by atoms with Gasteiger partial charge < -0.3 is 19.7 Å². The maximum absolute atomic E-state index is 13.6. The number of aliphatic hydroxyl groups is 2. The first-order chi connectivity index (χ1) is 15.9. The second kappa shape index (κ2) is 10.1. The number of aromatic nitrogens is 4. The Morgan fingerprint density at radius 1 is 1.12 bits per heavy atom. The fourth-order valence-corrected chi connectivity index (χ4v) is 4.37. The van der Waals surface area contributed by atoms with Crippen molar-refractivity contribution in [3.8, 4) is 0 Å². The number of anilines is 1. The molecule has 4 rings (SSSR count). The Labute approximate surface area is 201 Å². The van der Waals surface area contributed by atoms with Gasteiger partial charge in [0.25, 0.3) is 0 Å². The molecule has 0 unspecified atom stereocenters. The lowest BCUT2D eigenvalue weighted by Gasteiger charge is -2.29. The standard InChI is InChI=1S/C20H22F3N5O2S.C3H8/c1-19(2,30)12-8-24-18(26-17(12)20(21,22)23)27-4-5-28-14-7-15(31-3)11(10-29)6-13(14)25-16(28)9-27;1-3-2/h6-8,29-30H,4-5,9-10H2,1-3H3;3H2,1-2H3. The number of fused-ring (bicyclic) bond motifs is 3. The Hall–Kier alpha value is -2.37. The molecular formula is C23H30F3N5O2S. The van der Waals surface area contributed by atoms with Crippen LogP contribution in [0.15, 0.2) is 23.2 Å². The van der Waals surface area contributed by atoms with Gasteiger partial charge in [0.1, 0.15) is 5.82 Å². The van der Waals surface area contributed by atoms with Crippen molar-refractivity contribution in [1.29, 1.82) is 0 Å². The first-order valence-corrected chi connectivity index (χ1v) is 12.3. The maximum atomic E-state index is 13.6. The molecule has 34 heavy (non-hydrogen) atoms. The number of thioether (sulfide) groups is 1. The number of aliphatic hydroxyl groups excluding tert-OH is 1. The van der Waals surface area contributed by atoms with Gasteiger partial charge >= 0.3 is 6.18 Å². The third-order valence-corrected chi connectivity index (χ3v) is 6.13. The monoisotopic (exact) mass is 497 g/mol. The molecule has 11 heteroatoms. The predicted molar refractivity (Wildman–Crippen MR) is 127 cm³/mol. The maximum Gasteiger partial charge on any atom is 0.433 e. The van der Waals surface area contributed by atoms with Gasteiger partial charge in [-0.2, -0.15) is 13.2 Å². The van der Waals surface area contributed by atoms with E-state index in [0.717, 1.165) is 27.7 Å². The van der Waals surface area contributed by atoms with Crippen LogP contribution < -0.4 is 4.90 Å². The molecule has 0 saturated carbocycles. The minimum absolute atomic E-state index is 0.0560. The number of imidazole rings is 1. The van der Waals surface area contributed by atoms with E-state index in [-0.39, 0.29) is 24.7 Å². The second-order valence-electron chi connectivity index (χ2n) is 8.61. The van der Waals surface area contributed by atoms with E-state index in [4.69, 9.17) is 0 Å². The van der Waals surface area contributed by atoms with Gasteiger partial charge in [0.2, 0.25) is 5.95 Å². The molecule has 0 radical (unpaired) electrons. The van der Waals surface area contributed by atoms with Gasteiger partial charge in [-0.15, -0.1) is 11.8 Å². The Bertz CT molecular complexity index is 1160. The summed E-state index contributed by atoms with van der Waals surface area (Å²) in [6, 6.07) is 3.82. The van der Waals surface area contributed by atoms with Gasteiger partial charge in [-0.25, -0.2) is 15.0 Å². The van der Waals surface area contributed by atoms with E-state index >= 15 is 0 Å². The van der Waals surface area contributed by atoms with Gasteiger partial charge in [0.15, 0.2) is 5.69 Å². The van der Waals surface area contributed by atoms with Crippen LogP contribution in [0.5, 0.6) is 0 Å². The zero-order valence-electron chi connectivity index (χ0n) is 19.9. The Morgan fingerprint density at radius 3 is 2.35 bits per heavy atom. The molecular weight excluding hydrogens is 467 g/mol. The van der Waals surface area contributed by atoms with Crippen molar-refractivity contribution >= 4 is 28.7 Å². The largest absolute Gasteiger partial charge is 0.433 e. The lowest BCUT2D eigenvalue weighted by molar-refractivity contribution is -0.144. The summed E-state index contributed by atoms with van der Waals surface area (Å²) < 4.78 is 42.8. The smallest absolute Gasteiger partial charge is 0.392 e. The number of halogens is 3. The van der Waals surface area contributed by atoms with Crippen molar-refractivity contribution in [2.75, 3.05) is 17.7 Å². The Morgan fingerprint density at radius 2 is 1.79 bits per heavy atom. The fraction of sp³-hybridized carbons (Fsp3) is 0.522. The van der Waals surface area contributed by atoms with Crippen molar-refractivity contribution in [3.63, 3.8) is 0 Å². The number of alkyl halides is 3. The first kappa shape index (κ1) is 26.2. The van der Waals surface area contributed by atoms with Crippen molar-refractivity contribution in [3.05, 3.63) is 41.0 Å². The average molecular weight is 498 g/mol. The van der Waals surface area contributed by atoms with Gasteiger partial charge in [-0.3, -0.25) is 0 Å². The van der Waals surface area contributed by atoms with Crippen LogP contribution in [0, 0.1) is 0 Å². The summed E-state index contributed by atoms with van der Waals surface area (Å²) in [4.78, 5) is 15.1. The highest BCUT2D eigenvalue weighted by Gasteiger charge is 2.40. The molecule has 0 saturated heterocycles. The van der Waals surface area contributed by atoms with Crippen LogP contribution in [-0.4, -0.2) is 42.5 Å². The van der Waals surface area contributed by atoms with Crippen LogP contribution in [0.25, 0.3) is 11.0 Å². The molecule has 0 atom stereocenters. The quantitative estimate of drug-likeness (QED) is 0.504. The zero-order valence-corrected chi connectivity index (χ0v) is 20.8. The van der Waals surface area contributed by atoms with Gasteiger partial charge in [0.05, 0.1) is 29.8 Å². The van der Waals surface area contributed by atoms with E-state index in [1.54, 1.807) is 4.90 Å².